The van der Waals surface area contributed by atoms with E-state index in [1.807, 2.05) is 52.0 Å². The summed E-state index contributed by atoms with van der Waals surface area (Å²) < 4.78 is 1.70. The second kappa shape index (κ2) is 9.98. The molecule has 160 valence electrons. The average molecular weight is 427 g/mol. The second-order valence-corrected chi connectivity index (χ2v) is 8.76. The van der Waals surface area contributed by atoms with Gasteiger partial charge in [0.05, 0.1) is 11.3 Å². The van der Waals surface area contributed by atoms with Crippen LogP contribution in [-0.2, 0) is 11.2 Å². The van der Waals surface area contributed by atoms with E-state index in [1.54, 1.807) is 4.57 Å². The summed E-state index contributed by atoms with van der Waals surface area (Å²) in [5.41, 5.74) is 3.26. The van der Waals surface area contributed by atoms with Gasteiger partial charge in [-0.15, -0.1) is 0 Å². The van der Waals surface area contributed by atoms with E-state index in [9.17, 15) is 9.59 Å². The zero-order chi connectivity index (χ0) is 21.7. The number of H-pyrrole nitrogens is 1. The standard InChI is InChI=1S/C23H30N4O2S/c1-5-17(4)27-22(29)21-19(13-16(3)25-21)26-23(27)30-14-20(28)24-15(2)11-12-18-9-7-6-8-10-18/h6-10,13,15,17,25H,5,11-12,14H2,1-4H3,(H,24,28). The number of nitrogens with zero attached hydrogens (tertiary/aromatic N) is 2. The number of carbonyl (C=O) groups excluding carboxylic acids is 1. The second-order valence-electron chi connectivity index (χ2n) is 7.82. The predicted molar refractivity (Wildman–Crippen MR) is 123 cm³/mol. The summed E-state index contributed by atoms with van der Waals surface area (Å²) in [5, 5.41) is 3.65. The number of hydrogen-bond donors (Lipinski definition) is 2. The molecule has 0 saturated carbocycles. The third-order valence-corrected chi connectivity index (χ3v) is 6.22. The highest BCUT2D eigenvalue weighted by atomic mass is 32.2. The van der Waals surface area contributed by atoms with E-state index in [2.05, 4.69) is 27.4 Å². The van der Waals surface area contributed by atoms with Gasteiger partial charge in [0.1, 0.15) is 5.52 Å². The summed E-state index contributed by atoms with van der Waals surface area (Å²) in [5.74, 6) is 0.184. The van der Waals surface area contributed by atoms with Gasteiger partial charge in [0, 0.05) is 17.8 Å². The Balaban J connectivity index is 1.65. The van der Waals surface area contributed by atoms with Crippen molar-refractivity contribution < 1.29 is 4.79 Å². The van der Waals surface area contributed by atoms with E-state index < -0.39 is 0 Å². The normalized spacial score (nSPS) is 13.3. The molecule has 7 heteroatoms. The summed E-state index contributed by atoms with van der Waals surface area (Å²) in [7, 11) is 0. The highest BCUT2D eigenvalue weighted by molar-refractivity contribution is 7.99. The molecule has 0 fully saturated rings. The van der Waals surface area contributed by atoms with Crippen LogP contribution >= 0.6 is 11.8 Å². The molecule has 3 rings (SSSR count). The summed E-state index contributed by atoms with van der Waals surface area (Å²) in [4.78, 5) is 33.2. The van der Waals surface area contributed by atoms with Gasteiger partial charge < -0.3 is 10.3 Å². The number of rotatable bonds is 9. The number of amides is 1. The van der Waals surface area contributed by atoms with Gasteiger partial charge in [-0.05, 0) is 51.7 Å². The molecule has 0 radical (unpaired) electrons. The third kappa shape index (κ3) is 5.33. The Kier molecular flexibility index (Phi) is 7.37. The first-order valence-electron chi connectivity index (χ1n) is 10.5. The maximum absolute atomic E-state index is 13.0. The molecule has 2 heterocycles. The number of aryl methyl sites for hydroxylation is 2. The van der Waals surface area contributed by atoms with E-state index in [1.165, 1.54) is 17.3 Å². The molecule has 0 aliphatic rings. The molecule has 0 aliphatic carbocycles. The zero-order valence-electron chi connectivity index (χ0n) is 18.1. The van der Waals surface area contributed by atoms with Crippen molar-refractivity contribution in [3.63, 3.8) is 0 Å². The Morgan fingerprint density at radius 2 is 2.00 bits per heavy atom. The molecule has 0 aliphatic heterocycles. The highest BCUT2D eigenvalue weighted by Crippen LogP contribution is 2.22. The fourth-order valence-corrected chi connectivity index (χ4v) is 4.32. The van der Waals surface area contributed by atoms with Crippen molar-refractivity contribution in [2.75, 3.05) is 5.75 Å². The van der Waals surface area contributed by atoms with E-state index in [0.29, 0.717) is 16.2 Å². The molecule has 0 bridgehead atoms. The van der Waals surface area contributed by atoms with Crippen LogP contribution < -0.4 is 10.9 Å². The number of aromatic nitrogens is 3. The SMILES string of the molecule is CCC(C)n1c(SCC(=O)NC(C)CCc2ccccc2)nc2cc(C)[nH]c2c1=O. The number of fused-ring (bicyclic) bond motifs is 1. The molecule has 2 N–H and O–H groups in total. The summed E-state index contributed by atoms with van der Waals surface area (Å²) in [6.45, 7) is 7.97. The van der Waals surface area contributed by atoms with Gasteiger partial charge in [0.2, 0.25) is 5.91 Å². The molecule has 0 saturated heterocycles. The lowest BCUT2D eigenvalue weighted by Crippen LogP contribution is -2.34. The Labute approximate surface area is 181 Å². The van der Waals surface area contributed by atoms with E-state index in [0.717, 1.165) is 25.0 Å². The number of thioether (sulfide) groups is 1. The topological polar surface area (TPSA) is 79.8 Å². The molecule has 1 aromatic carbocycles. The number of hydrogen-bond acceptors (Lipinski definition) is 4. The molecule has 0 spiro atoms. The Morgan fingerprint density at radius 1 is 1.27 bits per heavy atom. The first-order valence-corrected chi connectivity index (χ1v) is 11.5. The maximum atomic E-state index is 13.0. The lowest BCUT2D eigenvalue weighted by atomic mass is 10.1. The minimum absolute atomic E-state index is 0.00774. The fraction of sp³-hybridized carbons (Fsp3) is 0.435. The molecule has 2 unspecified atom stereocenters. The lowest BCUT2D eigenvalue weighted by Gasteiger charge is -2.18. The Bertz CT molecular complexity index is 1060. The van der Waals surface area contributed by atoms with Gasteiger partial charge in [-0.2, -0.15) is 0 Å². The molecule has 6 nitrogen and oxygen atoms in total. The molecular formula is C23H30N4O2S. The number of benzene rings is 1. The van der Waals surface area contributed by atoms with Gasteiger partial charge >= 0.3 is 0 Å². The minimum Gasteiger partial charge on any atom is -0.353 e. The van der Waals surface area contributed by atoms with Crippen LogP contribution in [-0.4, -0.2) is 32.2 Å². The molecule has 3 aromatic rings. The fourth-order valence-electron chi connectivity index (χ4n) is 3.41. The van der Waals surface area contributed by atoms with Crippen molar-refractivity contribution >= 4 is 28.7 Å². The van der Waals surface area contributed by atoms with Crippen molar-refractivity contribution in [1.29, 1.82) is 0 Å². The van der Waals surface area contributed by atoms with Crippen LogP contribution in [0.25, 0.3) is 11.0 Å². The van der Waals surface area contributed by atoms with E-state index in [-0.39, 0.29) is 29.3 Å². The van der Waals surface area contributed by atoms with Gasteiger partial charge in [-0.1, -0.05) is 49.0 Å². The quantitative estimate of drug-likeness (QED) is 0.396. The average Bonchev–Trinajstić information content (AvgIpc) is 3.11. The van der Waals surface area contributed by atoms with E-state index >= 15 is 0 Å². The number of aromatic amines is 1. The monoisotopic (exact) mass is 426 g/mol. The van der Waals surface area contributed by atoms with Crippen molar-refractivity contribution in [3.8, 4) is 0 Å². The Morgan fingerprint density at radius 3 is 2.70 bits per heavy atom. The third-order valence-electron chi connectivity index (χ3n) is 5.27. The van der Waals surface area contributed by atoms with Crippen LogP contribution in [0.1, 0.15) is 50.9 Å². The predicted octanol–water partition coefficient (Wildman–Crippen LogP) is 4.23. The van der Waals surface area contributed by atoms with E-state index in [4.69, 9.17) is 0 Å². The van der Waals surface area contributed by atoms with Gasteiger partial charge in [-0.3, -0.25) is 14.2 Å². The molecule has 2 aromatic heterocycles. The number of nitrogens with one attached hydrogen (secondary N) is 2. The van der Waals surface area contributed by atoms with Crippen molar-refractivity contribution in [3.05, 3.63) is 58.0 Å². The lowest BCUT2D eigenvalue weighted by molar-refractivity contribution is -0.119. The van der Waals surface area contributed by atoms with Crippen LogP contribution in [0, 0.1) is 6.92 Å². The summed E-state index contributed by atoms with van der Waals surface area (Å²) in [6.07, 6.45) is 2.61. The van der Waals surface area contributed by atoms with Crippen LogP contribution in [0.3, 0.4) is 0 Å². The van der Waals surface area contributed by atoms with Crippen LogP contribution in [0.5, 0.6) is 0 Å². The van der Waals surface area contributed by atoms with Crippen molar-refractivity contribution in [2.24, 2.45) is 0 Å². The molecule has 30 heavy (non-hydrogen) atoms. The van der Waals surface area contributed by atoms with Crippen LogP contribution in [0.15, 0.2) is 46.3 Å². The summed E-state index contributed by atoms with van der Waals surface area (Å²) in [6, 6.07) is 12.2. The van der Waals surface area contributed by atoms with Gasteiger partial charge in [-0.25, -0.2) is 4.98 Å². The molecular weight excluding hydrogens is 396 g/mol. The molecule has 1 amide bonds. The zero-order valence-corrected chi connectivity index (χ0v) is 18.9. The highest BCUT2D eigenvalue weighted by Gasteiger charge is 2.18. The first kappa shape index (κ1) is 22.2. The largest absolute Gasteiger partial charge is 0.353 e. The Hall–Kier alpha value is -2.54. The summed E-state index contributed by atoms with van der Waals surface area (Å²) >= 11 is 1.32. The van der Waals surface area contributed by atoms with Crippen molar-refractivity contribution in [1.82, 2.24) is 19.9 Å². The first-order chi connectivity index (χ1) is 14.4. The van der Waals surface area contributed by atoms with Crippen LogP contribution in [0.2, 0.25) is 0 Å². The molecule has 2 atom stereocenters. The minimum atomic E-state index is -0.0819. The van der Waals surface area contributed by atoms with Crippen molar-refractivity contribution in [2.45, 2.75) is 64.2 Å². The van der Waals surface area contributed by atoms with Gasteiger partial charge in [0.25, 0.3) is 5.56 Å². The van der Waals surface area contributed by atoms with Crippen LogP contribution in [0.4, 0.5) is 0 Å². The number of carbonyl (C=O) groups is 1. The maximum Gasteiger partial charge on any atom is 0.278 e. The van der Waals surface area contributed by atoms with Gasteiger partial charge in [0.15, 0.2) is 5.16 Å². The smallest absolute Gasteiger partial charge is 0.278 e.